The van der Waals surface area contributed by atoms with E-state index in [2.05, 4.69) is 46.4 Å². The molecule has 2 heterocycles. The summed E-state index contributed by atoms with van der Waals surface area (Å²) in [5.74, 6) is 0.799. The number of aromatic nitrogens is 1. The first-order chi connectivity index (χ1) is 12.7. The van der Waals surface area contributed by atoms with Crippen LogP contribution in [0.15, 0.2) is 42.6 Å². The summed E-state index contributed by atoms with van der Waals surface area (Å²) in [7, 11) is 1.66. The Labute approximate surface area is 154 Å². The predicted molar refractivity (Wildman–Crippen MR) is 104 cm³/mol. The van der Waals surface area contributed by atoms with E-state index >= 15 is 0 Å². The molecule has 1 aliphatic rings. The summed E-state index contributed by atoms with van der Waals surface area (Å²) in [5.41, 5.74) is 3.11. The Morgan fingerprint density at radius 2 is 2.00 bits per heavy atom. The highest BCUT2D eigenvalue weighted by atomic mass is 16.5. The summed E-state index contributed by atoms with van der Waals surface area (Å²) in [4.78, 5) is 21.2. The van der Waals surface area contributed by atoms with Gasteiger partial charge in [-0.25, -0.2) is 4.98 Å². The number of carbonyl (C=O) groups is 1. The molecular formula is C20H26N4O2. The van der Waals surface area contributed by atoms with Gasteiger partial charge in [0, 0.05) is 51.7 Å². The minimum Gasteiger partial charge on any atom is -0.383 e. The van der Waals surface area contributed by atoms with Crippen LogP contribution < -0.4 is 10.2 Å². The molecule has 0 spiro atoms. The Bertz CT molecular complexity index is 725. The molecule has 3 rings (SSSR count). The van der Waals surface area contributed by atoms with Gasteiger partial charge >= 0.3 is 0 Å². The third kappa shape index (κ3) is 4.52. The van der Waals surface area contributed by atoms with Crippen molar-refractivity contribution < 1.29 is 9.53 Å². The number of piperazine rings is 1. The predicted octanol–water partition coefficient (Wildman–Crippen LogP) is 2.41. The summed E-state index contributed by atoms with van der Waals surface area (Å²) in [6, 6.07) is 12.2. The molecule has 26 heavy (non-hydrogen) atoms. The van der Waals surface area contributed by atoms with Gasteiger partial charge in [-0.3, -0.25) is 4.79 Å². The maximum absolute atomic E-state index is 12.7. The van der Waals surface area contributed by atoms with Crippen molar-refractivity contribution in [1.29, 1.82) is 0 Å². The van der Waals surface area contributed by atoms with Crippen LogP contribution >= 0.6 is 0 Å². The van der Waals surface area contributed by atoms with Gasteiger partial charge in [-0.05, 0) is 36.8 Å². The zero-order valence-corrected chi connectivity index (χ0v) is 15.4. The molecule has 0 saturated carbocycles. The average molecular weight is 354 g/mol. The first-order valence-electron chi connectivity index (χ1n) is 8.97. The molecule has 0 radical (unpaired) electrons. The fraction of sp³-hybridized carbons (Fsp3) is 0.400. The number of rotatable bonds is 6. The zero-order chi connectivity index (χ0) is 18.4. The van der Waals surface area contributed by atoms with E-state index in [0.717, 1.165) is 32.0 Å². The second-order valence-corrected chi connectivity index (χ2v) is 6.47. The second-order valence-electron chi connectivity index (χ2n) is 6.47. The van der Waals surface area contributed by atoms with Crippen LogP contribution in [0.1, 0.15) is 15.9 Å². The van der Waals surface area contributed by atoms with Gasteiger partial charge < -0.3 is 19.9 Å². The minimum absolute atomic E-state index is 0.0461. The van der Waals surface area contributed by atoms with E-state index in [0.29, 0.717) is 18.7 Å². The number of amides is 1. The van der Waals surface area contributed by atoms with Crippen molar-refractivity contribution in [2.75, 3.05) is 56.7 Å². The Morgan fingerprint density at radius 3 is 2.65 bits per heavy atom. The lowest BCUT2D eigenvalue weighted by Gasteiger charge is -2.36. The third-order valence-electron chi connectivity index (χ3n) is 4.56. The quantitative estimate of drug-likeness (QED) is 0.808. The van der Waals surface area contributed by atoms with Crippen molar-refractivity contribution in [3.05, 3.63) is 53.7 Å². The standard InChI is InChI=1S/C20H26N4O2/c1-16-4-3-5-18(14-16)23-9-11-24(12-10-23)20(25)17-6-7-19(22-15-17)21-8-13-26-2/h3-7,14-15H,8-13H2,1-2H3,(H,21,22). The second kappa shape index (κ2) is 8.67. The van der Waals surface area contributed by atoms with Crippen LogP contribution in [-0.2, 0) is 4.74 Å². The van der Waals surface area contributed by atoms with Gasteiger partial charge in [-0.2, -0.15) is 0 Å². The summed E-state index contributed by atoms with van der Waals surface area (Å²) in [6.45, 7) is 6.55. The van der Waals surface area contributed by atoms with Crippen LogP contribution in [0.4, 0.5) is 11.5 Å². The molecule has 1 N–H and O–H groups in total. The monoisotopic (exact) mass is 354 g/mol. The van der Waals surface area contributed by atoms with E-state index in [1.807, 2.05) is 17.0 Å². The normalized spacial score (nSPS) is 14.4. The van der Waals surface area contributed by atoms with Crippen molar-refractivity contribution >= 4 is 17.4 Å². The SMILES string of the molecule is COCCNc1ccc(C(=O)N2CCN(c3cccc(C)c3)CC2)cn1. The van der Waals surface area contributed by atoms with Crippen molar-refractivity contribution in [2.24, 2.45) is 0 Å². The van der Waals surface area contributed by atoms with E-state index in [4.69, 9.17) is 4.74 Å². The summed E-state index contributed by atoms with van der Waals surface area (Å²) < 4.78 is 5.00. The number of anilines is 2. The van der Waals surface area contributed by atoms with Crippen molar-refractivity contribution in [2.45, 2.75) is 6.92 Å². The smallest absolute Gasteiger partial charge is 0.255 e. The highest BCUT2D eigenvalue weighted by Crippen LogP contribution is 2.18. The minimum atomic E-state index is 0.0461. The largest absolute Gasteiger partial charge is 0.383 e. The van der Waals surface area contributed by atoms with Crippen molar-refractivity contribution in [3.63, 3.8) is 0 Å². The van der Waals surface area contributed by atoms with Gasteiger partial charge in [0.15, 0.2) is 0 Å². The molecule has 6 nitrogen and oxygen atoms in total. The molecule has 2 aromatic rings. The molecule has 1 aliphatic heterocycles. The van der Waals surface area contributed by atoms with E-state index in [9.17, 15) is 4.79 Å². The number of ether oxygens (including phenoxy) is 1. The van der Waals surface area contributed by atoms with Gasteiger partial charge in [0.1, 0.15) is 5.82 Å². The van der Waals surface area contributed by atoms with Crippen LogP contribution in [0.5, 0.6) is 0 Å². The molecule has 1 fully saturated rings. The number of methoxy groups -OCH3 is 1. The fourth-order valence-corrected chi connectivity index (χ4v) is 3.08. The van der Waals surface area contributed by atoms with Crippen LogP contribution in [0.2, 0.25) is 0 Å². The van der Waals surface area contributed by atoms with E-state index in [-0.39, 0.29) is 5.91 Å². The third-order valence-corrected chi connectivity index (χ3v) is 4.56. The number of pyridine rings is 1. The summed E-state index contributed by atoms with van der Waals surface area (Å²) in [5, 5.41) is 3.15. The van der Waals surface area contributed by atoms with Gasteiger partial charge in [0.2, 0.25) is 0 Å². The highest BCUT2D eigenvalue weighted by molar-refractivity contribution is 5.94. The lowest BCUT2D eigenvalue weighted by Crippen LogP contribution is -2.48. The maximum atomic E-state index is 12.7. The van der Waals surface area contributed by atoms with E-state index in [1.165, 1.54) is 11.3 Å². The van der Waals surface area contributed by atoms with Crippen molar-refractivity contribution in [1.82, 2.24) is 9.88 Å². The topological polar surface area (TPSA) is 57.7 Å². The molecular weight excluding hydrogens is 328 g/mol. The number of nitrogens with one attached hydrogen (secondary N) is 1. The number of nitrogens with zero attached hydrogens (tertiary/aromatic N) is 3. The average Bonchev–Trinajstić information content (AvgIpc) is 2.68. The van der Waals surface area contributed by atoms with Crippen LogP contribution in [0, 0.1) is 6.92 Å². The zero-order valence-electron chi connectivity index (χ0n) is 15.4. The van der Waals surface area contributed by atoms with Crippen molar-refractivity contribution in [3.8, 4) is 0 Å². The van der Waals surface area contributed by atoms with Gasteiger partial charge in [0.05, 0.1) is 12.2 Å². The molecule has 0 aliphatic carbocycles. The summed E-state index contributed by atoms with van der Waals surface area (Å²) in [6.07, 6.45) is 1.64. The van der Waals surface area contributed by atoms with Crippen LogP contribution in [-0.4, -0.2) is 62.2 Å². The molecule has 6 heteroatoms. The Kier molecular flexibility index (Phi) is 6.07. The van der Waals surface area contributed by atoms with Gasteiger partial charge in [-0.15, -0.1) is 0 Å². The Hall–Kier alpha value is -2.60. The molecule has 1 aromatic heterocycles. The molecule has 0 unspecified atom stereocenters. The molecule has 1 saturated heterocycles. The number of benzene rings is 1. The molecule has 0 bridgehead atoms. The first kappa shape index (κ1) is 18.2. The van der Waals surface area contributed by atoms with E-state index in [1.54, 1.807) is 13.3 Å². The summed E-state index contributed by atoms with van der Waals surface area (Å²) >= 11 is 0. The van der Waals surface area contributed by atoms with E-state index < -0.39 is 0 Å². The van der Waals surface area contributed by atoms with Gasteiger partial charge in [0.25, 0.3) is 5.91 Å². The highest BCUT2D eigenvalue weighted by Gasteiger charge is 2.22. The van der Waals surface area contributed by atoms with Crippen LogP contribution in [0.3, 0.4) is 0 Å². The first-order valence-corrected chi connectivity index (χ1v) is 8.97. The molecule has 138 valence electrons. The lowest BCUT2D eigenvalue weighted by molar-refractivity contribution is 0.0746. The van der Waals surface area contributed by atoms with Crippen LogP contribution in [0.25, 0.3) is 0 Å². The number of aryl methyl sites for hydroxylation is 1. The number of carbonyl (C=O) groups excluding carboxylic acids is 1. The Morgan fingerprint density at radius 1 is 1.19 bits per heavy atom. The fourth-order valence-electron chi connectivity index (χ4n) is 3.08. The van der Waals surface area contributed by atoms with Gasteiger partial charge in [-0.1, -0.05) is 12.1 Å². The molecule has 1 aromatic carbocycles. The Balaban J connectivity index is 1.54. The number of hydrogen-bond acceptors (Lipinski definition) is 5. The molecule has 1 amide bonds. The molecule has 0 atom stereocenters. The lowest BCUT2D eigenvalue weighted by atomic mass is 10.1. The maximum Gasteiger partial charge on any atom is 0.255 e. The number of hydrogen-bond donors (Lipinski definition) is 1.